The first-order valence-corrected chi connectivity index (χ1v) is 9.27. The average molecular weight is 389 g/mol. The van der Waals surface area contributed by atoms with Crippen molar-refractivity contribution in [2.75, 3.05) is 24.3 Å². The van der Waals surface area contributed by atoms with Gasteiger partial charge in [-0.25, -0.2) is 9.50 Å². The summed E-state index contributed by atoms with van der Waals surface area (Å²) in [5.74, 6) is 0.968. The third kappa shape index (κ3) is 2.96. The molecule has 4 bridgehead atoms. The van der Waals surface area contributed by atoms with Crippen LogP contribution in [-0.4, -0.2) is 45.2 Å². The number of benzene rings is 1. The number of nitrogens with zero attached hydrogens (tertiary/aromatic N) is 4. The molecule has 0 saturated carbocycles. The van der Waals surface area contributed by atoms with Gasteiger partial charge in [0.1, 0.15) is 12.4 Å². The molecule has 1 aromatic carbocycles. The summed E-state index contributed by atoms with van der Waals surface area (Å²) in [7, 11) is 1.81. The van der Waals surface area contributed by atoms with E-state index in [2.05, 4.69) is 31.0 Å². The van der Waals surface area contributed by atoms with Crippen molar-refractivity contribution in [3.05, 3.63) is 48.5 Å². The SMILES string of the molecule is CNc1cc2nn3c(cnc13)C(=O)N[C@H](C)COc1cncc3ccc(cc13)N2. The van der Waals surface area contributed by atoms with Crippen LogP contribution in [0.1, 0.15) is 17.4 Å². The quantitative estimate of drug-likeness (QED) is 0.459. The largest absolute Gasteiger partial charge is 0.489 e. The Labute approximate surface area is 166 Å². The Kier molecular flexibility index (Phi) is 3.94. The predicted molar refractivity (Wildman–Crippen MR) is 110 cm³/mol. The number of nitrogens with one attached hydrogen (secondary N) is 3. The van der Waals surface area contributed by atoms with E-state index in [0.717, 1.165) is 22.1 Å². The van der Waals surface area contributed by atoms with Gasteiger partial charge < -0.3 is 20.7 Å². The van der Waals surface area contributed by atoms with Crippen molar-refractivity contribution >= 4 is 39.5 Å². The molecule has 9 nitrogen and oxygen atoms in total. The van der Waals surface area contributed by atoms with Crippen LogP contribution in [-0.2, 0) is 0 Å². The minimum Gasteiger partial charge on any atom is -0.489 e. The van der Waals surface area contributed by atoms with E-state index >= 15 is 0 Å². The fourth-order valence-electron chi connectivity index (χ4n) is 3.40. The van der Waals surface area contributed by atoms with Crippen LogP contribution in [0.25, 0.3) is 16.4 Å². The number of rotatable bonds is 1. The molecule has 9 heteroatoms. The summed E-state index contributed by atoms with van der Waals surface area (Å²) in [6, 6.07) is 7.57. The van der Waals surface area contributed by atoms with Crippen molar-refractivity contribution in [3.8, 4) is 5.75 Å². The standard InChI is InChI=1S/C20H19N7O2/c1-11-10-29-17-9-22-7-12-3-4-13(5-14(12)17)25-18-6-15(21-2)19-23-8-16(20(28)24-11)27(19)26-18/h3-9,11,21H,10H2,1-2H3,(H,24,28)(H,25,26)/t11-/m1/s1. The molecule has 29 heavy (non-hydrogen) atoms. The summed E-state index contributed by atoms with van der Waals surface area (Å²) in [5.41, 5.74) is 2.53. The van der Waals surface area contributed by atoms with Gasteiger partial charge in [0.15, 0.2) is 17.2 Å². The molecular weight excluding hydrogens is 370 g/mol. The van der Waals surface area contributed by atoms with E-state index in [1.54, 1.807) is 24.0 Å². The van der Waals surface area contributed by atoms with Gasteiger partial charge in [-0.15, -0.1) is 5.10 Å². The summed E-state index contributed by atoms with van der Waals surface area (Å²) in [6.07, 6.45) is 5.00. The molecule has 1 amide bonds. The molecule has 1 aliphatic rings. The number of carbonyl (C=O) groups is 1. The number of fused-ring (bicyclic) bond motifs is 2. The summed E-state index contributed by atoms with van der Waals surface area (Å²) in [6.45, 7) is 2.19. The maximum Gasteiger partial charge on any atom is 0.271 e. The molecule has 3 aromatic heterocycles. The Bertz CT molecular complexity index is 1250. The summed E-state index contributed by atoms with van der Waals surface area (Å²) in [4.78, 5) is 21.4. The Balaban J connectivity index is 1.71. The fraction of sp³-hybridized carbons (Fsp3) is 0.200. The zero-order valence-corrected chi connectivity index (χ0v) is 15.9. The van der Waals surface area contributed by atoms with Gasteiger partial charge in [0.2, 0.25) is 0 Å². The summed E-state index contributed by atoms with van der Waals surface area (Å²) in [5, 5.41) is 15.8. The Morgan fingerprint density at radius 2 is 2.14 bits per heavy atom. The molecular formula is C20H19N7O2. The van der Waals surface area contributed by atoms with Crippen LogP contribution in [0, 0.1) is 0 Å². The number of carbonyl (C=O) groups excluding carboxylic acids is 1. The van der Waals surface area contributed by atoms with Crippen LogP contribution >= 0.6 is 0 Å². The molecule has 1 atom stereocenters. The lowest BCUT2D eigenvalue weighted by Crippen LogP contribution is -2.37. The number of imidazole rings is 1. The number of amides is 1. The number of aromatic nitrogens is 4. The molecule has 0 fully saturated rings. The van der Waals surface area contributed by atoms with Gasteiger partial charge in [-0.2, -0.15) is 0 Å². The van der Waals surface area contributed by atoms with E-state index in [1.165, 1.54) is 6.20 Å². The fourth-order valence-corrected chi connectivity index (χ4v) is 3.40. The zero-order valence-electron chi connectivity index (χ0n) is 15.9. The number of hydrogen-bond donors (Lipinski definition) is 3. The molecule has 4 aromatic rings. The van der Waals surface area contributed by atoms with Gasteiger partial charge in [0, 0.05) is 35.8 Å². The summed E-state index contributed by atoms with van der Waals surface area (Å²) >= 11 is 0. The molecule has 0 unspecified atom stereocenters. The third-order valence-electron chi connectivity index (χ3n) is 4.83. The minimum atomic E-state index is -0.271. The first-order chi connectivity index (χ1) is 14.1. The first-order valence-electron chi connectivity index (χ1n) is 9.27. The van der Waals surface area contributed by atoms with Gasteiger partial charge in [-0.3, -0.25) is 9.78 Å². The zero-order chi connectivity index (χ0) is 20.0. The van der Waals surface area contributed by atoms with Gasteiger partial charge in [-0.1, -0.05) is 6.07 Å². The number of ether oxygens (including phenoxy) is 1. The molecule has 4 heterocycles. The average Bonchev–Trinajstić information content (AvgIpc) is 3.15. The van der Waals surface area contributed by atoms with Crippen molar-refractivity contribution in [1.82, 2.24) is 24.9 Å². The second kappa shape index (κ2) is 6.62. The van der Waals surface area contributed by atoms with E-state index in [4.69, 9.17) is 4.74 Å². The van der Waals surface area contributed by atoms with Crippen LogP contribution in [0.5, 0.6) is 5.75 Å². The van der Waals surface area contributed by atoms with Crippen molar-refractivity contribution < 1.29 is 9.53 Å². The van der Waals surface area contributed by atoms with Gasteiger partial charge in [-0.05, 0) is 19.1 Å². The molecule has 0 aliphatic carbocycles. The van der Waals surface area contributed by atoms with E-state index in [0.29, 0.717) is 29.5 Å². The van der Waals surface area contributed by atoms with Crippen LogP contribution in [0.3, 0.4) is 0 Å². The minimum absolute atomic E-state index is 0.223. The Morgan fingerprint density at radius 3 is 3.00 bits per heavy atom. The maximum absolute atomic E-state index is 12.8. The molecule has 1 aliphatic heterocycles. The second-order valence-electron chi connectivity index (χ2n) is 6.96. The number of pyridine rings is 1. The summed E-state index contributed by atoms with van der Waals surface area (Å²) < 4.78 is 7.51. The van der Waals surface area contributed by atoms with Crippen molar-refractivity contribution in [2.24, 2.45) is 0 Å². The highest BCUT2D eigenvalue weighted by atomic mass is 16.5. The van der Waals surface area contributed by atoms with Gasteiger partial charge in [0.05, 0.1) is 24.1 Å². The topological polar surface area (TPSA) is 105 Å². The highest BCUT2D eigenvalue weighted by Crippen LogP contribution is 2.29. The normalized spacial score (nSPS) is 16.3. The van der Waals surface area contributed by atoms with Crippen LogP contribution in [0.2, 0.25) is 0 Å². The lowest BCUT2D eigenvalue weighted by atomic mass is 10.1. The van der Waals surface area contributed by atoms with Crippen LogP contribution in [0.15, 0.2) is 42.9 Å². The molecule has 0 radical (unpaired) electrons. The molecule has 3 N–H and O–H groups in total. The van der Waals surface area contributed by atoms with Crippen molar-refractivity contribution in [1.29, 1.82) is 0 Å². The second-order valence-corrected chi connectivity index (χ2v) is 6.96. The highest BCUT2D eigenvalue weighted by Gasteiger charge is 2.19. The van der Waals surface area contributed by atoms with Gasteiger partial charge >= 0.3 is 0 Å². The van der Waals surface area contributed by atoms with Crippen molar-refractivity contribution in [2.45, 2.75) is 13.0 Å². The Morgan fingerprint density at radius 1 is 1.24 bits per heavy atom. The van der Waals surface area contributed by atoms with Crippen LogP contribution < -0.4 is 20.7 Å². The van der Waals surface area contributed by atoms with E-state index < -0.39 is 0 Å². The van der Waals surface area contributed by atoms with Crippen molar-refractivity contribution in [3.63, 3.8) is 0 Å². The van der Waals surface area contributed by atoms with E-state index in [-0.39, 0.29) is 11.9 Å². The smallest absolute Gasteiger partial charge is 0.271 e. The Hall–Kier alpha value is -3.88. The maximum atomic E-state index is 12.8. The monoisotopic (exact) mass is 389 g/mol. The number of hydrogen-bond acceptors (Lipinski definition) is 7. The predicted octanol–water partition coefficient (Wildman–Crippen LogP) is 2.57. The third-order valence-corrected chi connectivity index (χ3v) is 4.83. The molecule has 0 spiro atoms. The van der Waals surface area contributed by atoms with E-state index in [9.17, 15) is 4.79 Å². The number of anilines is 3. The highest BCUT2D eigenvalue weighted by molar-refractivity contribution is 5.94. The molecule has 146 valence electrons. The van der Waals surface area contributed by atoms with Gasteiger partial charge in [0.25, 0.3) is 5.91 Å². The lowest BCUT2D eigenvalue weighted by Gasteiger charge is -2.17. The van der Waals surface area contributed by atoms with E-state index in [1.807, 2.05) is 31.2 Å². The first kappa shape index (κ1) is 17.2. The molecule has 5 rings (SSSR count). The van der Waals surface area contributed by atoms with Crippen LogP contribution in [0.4, 0.5) is 17.2 Å². The molecule has 0 saturated heterocycles. The lowest BCUT2D eigenvalue weighted by molar-refractivity contribution is 0.0920.